The molecule has 0 amide bonds. The minimum absolute atomic E-state index is 0.132. The molecule has 110 valence electrons. The predicted molar refractivity (Wildman–Crippen MR) is 92.6 cm³/mol. The average molecular weight is 309 g/mol. The van der Waals surface area contributed by atoms with Crippen molar-refractivity contribution in [3.63, 3.8) is 0 Å². The van der Waals surface area contributed by atoms with E-state index in [1.54, 1.807) is 19.2 Å². The fourth-order valence-electron chi connectivity index (χ4n) is 2.14. The Hall–Kier alpha value is -2.53. The highest BCUT2D eigenvalue weighted by atomic mass is 32.1. The van der Waals surface area contributed by atoms with Gasteiger partial charge >= 0.3 is 0 Å². The second kappa shape index (κ2) is 6.07. The van der Waals surface area contributed by atoms with Gasteiger partial charge in [-0.3, -0.25) is 4.79 Å². The number of allylic oxidation sites excluding steroid dienone is 1. The molecule has 1 aromatic carbocycles. The highest BCUT2D eigenvalue weighted by molar-refractivity contribution is 7.16. The van der Waals surface area contributed by atoms with Crippen molar-refractivity contribution in [2.75, 3.05) is 0 Å². The summed E-state index contributed by atoms with van der Waals surface area (Å²) in [6.45, 7) is 3.74. The maximum atomic E-state index is 12.4. The van der Waals surface area contributed by atoms with Crippen LogP contribution >= 0.6 is 11.3 Å². The van der Waals surface area contributed by atoms with E-state index in [2.05, 4.69) is 10.1 Å². The Bertz CT molecular complexity index is 920. The first-order valence-electron chi connectivity index (χ1n) is 6.90. The zero-order chi connectivity index (χ0) is 15.5. The third-order valence-corrected chi connectivity index (χ3v) is 4.01. The lowest BCUT2D eigenvalue weighted by Gasteiger charge is -2.02. The van der Waals surface area contributed by atoms with Crippen LogP contribution in [0.2, 0.25) is 0 Å². The molecule has 0 saturated heterocycles. The van der Waals surface area contributed by atoms with Crippen LogP contribution in [0.1, 0.15) is 18.3 Å². The number of thiophene rings is 1. The van der Waals surface area contributed by atoms with Crippen molar-refractivity contribution in [1.29, 1.82) is 0 Å². The second-order valence-corrected chi connectivity index (χ2v) is 5.85. The predicted octanol–water partition coefficient (Wildman–Crippen LogP) is 3.70. The van der Waals surface area contributed by atoms with Gasteiger partial charge in [0.1, 0.15) is 10.7 Å². The van der Waals surface area contributed by atoms with Crippen LogP contribution in [-0.4, -0.2) is 15.9 Å². The summed E-state index contributed by atoms with van der Waals surface area (Å²) < 4.78 is 1.34. The van der Waals surface area contributed by atoms with Crippen LogP contribution in [-0.2, 0) is 0 Å². The number of aryl methyl sites for hydroxylation is 1. The quantitative estimate of drug-likeness (QED) is 0.693. The Morgan fingerprint density at radius 2 is 2.05 bits per heavy atom. The molecule has 0 saturated carbocycles. The number of aromatic nitrogens is 2. The van der Waals surface area contributed by atoms with E-state index in [4.69, 9.17) is 0 Å². The minimum Gasteiger partial charge on any atom is -0.267 e. The Kier molecular flexibility index (Phi) is 3.98. The molecule has 0 N–H and O–H groups in total. The molecular formula is C17H15N3OS. The molecule has 2 aromatic heterocycles. The van der Waals surface area contributed by atoms with E-state index >= 15 is 0 Å². The Labute approximate surface area is 132 Å². The van der Waals surface area contributed by atoms with E-state index < -0.39 is 0 Å². The van der Waals surface area contributed by atoms with Gasteiger partial charge in [0.05, 0.1) is 11.6 Å². The smallest absolute Gasteiger partial charge is 0.267 e. The van der Waals surface area contributed by atoms with Crippen LogP contribution in [0.5, 0.6) is 0 Å². The van der Waals surface area contributed by atoms with E-state index in [-0.39, 0.29) is 5.56 Å². The lowest BCUT2D eigenvalue weighted by Crippen LogP contribution is -2.19. The van der Waals surface area contributed by atoms with Crippen LogP contribution < -0.4 is 5.56 Å². The van der Waals surface area contributed by atoms with Crippen molar-refractivity contribution in [2.24, 2.45) is 5.10 Å². The van der Waals surface area contributed by atoms with Gasteiger partial charge in [-0.25, -0.2) is 4.98 Å². The third kappa shape index (κ3) is 2.89. The van der Waals surface area contributed by atoms with Gasteiger partial charge in [-0.05, 0) is 36.4 Å². The first kappa shape index (κ1) is 14.4. The van der Waals surface area contributed by atoms with Crippen molar-refractivity contribution in [1.82, 2.24) is 9.66 Å². The standard InChI is InChI=1S/C17H15N3OS/c1-12(10-14-6-4-3-5-7-14)11-18-20-13(2)19-16-15(17(20)21)8-9-22-16/h3-11H,1-2H3/b12-10+,18-11-. The largest absolute Gasteiger partial charge is 0.282 e. The Balaban J connectivity index is 1.96. The number of hydrogen-bond donors (Lipinski definition) is 0. The van der Waals surface area contributed by atoms with Crippen LogP contribution in [0.25, 0.3) is 16.3 Å². The van der Waals surface area contributed by atoms with Crippen LogP contribution in [0, 0.1) is 6.92 Å². The molecule has 0 radical (unpaired) electrons. The van der Waals surface area contributed by atoms with Gasteiger partial charge in [0.2, 0.25) is 0 Å². The van der Waals surface area contributed by atoms with Gasteiger partial charge in [0.25, 0.3) is 5.56 Å². The second-order valence-electron chi connectivity index (χ2n) is 4.96. The van der Waals surface area contributed by atoms with Crippen LogP contribution in [0.3, 0.4) is 0 Å². The maximum absolute atomic E-state index is 12.4. The number of nitrogens with zero attached hydrogens (tertiary/aromatic N) is 3. The Morgan fingerprint density at radius 3 is 2.82 bits per heavy atom. The molecule has 5 heteroatoms. The van der Waals surface area contributed by atoms with E-state index in [0.29, 0.717) is 11.2 Å². The Morgan fingerprint density at radius 1 is 1.27 bits per heavy atom. The van der Waals surface area contributed by atoms with Gasteiger partial charge in [0.15, 0.2) is 0 Å². The summed E-state index contributed by atoms with van der Waals surface area (Å²) >= 11 is 1.46. The van der Waals surface area contributed by atoms with Crippen molar-refractivity contribution in [3.8, 4) is 0 Å². The van der Waals surface area contributed by atoms with Gasteiger partial charge in [-0.1, -0.05) is 36.4 Å². The molecule has 2 heterocycles. The summed E-state index contributed by atoms with van der Waals surface area (Å²) in [6, 6.07) is 11.8. The van der Waals surface area contributed by atoms with Gasteiger partial charge < -0.3 is 0 Å². The summed E-state index contributed by atoms with van der Waals surface area (Å²) in [7, 11) is 0. The molecule has 0 bridgehead atoms. The SMILES string of the molecule is CC(/C=N\n1c(C)nc2sccc2c1=O)=C\c1ccccc1. The van der Waals surface area contributed by atoms with Gasteiger partial charge in [0, 0.05) is 0 Å². The van der Waals surface area contributed by atoms with Gasteiger partial charge in [-0.2, -0.15) is 9.78 Å². The summed E-state index contributed by atoms with van der Waals surface area (Å²) in [5.41, 5.74) is 1.93. The zero-order valence-corrected chi connectivity index (χ0v) is 13.2. The van der Waals surface area contributed by atoms with E-state index in [1.807, 2.05) is 48.7 Å². The monoisotopic (exact) mass is 309 g/mol. The molecule has 22 heavy (non-hydrogen) atoms. The maximum Gasteiger partial charge on any atom is 0.282 e. The lowest BCUT2D eigenvalue weighted by molar-refractivity contribution is 0.772. The molecule has 0 fully saturated rings. The molecule has 0 unspecified atom stereocenters. The van der Waals surface area contributed by atoms with Gasteiger partial charge in [-0.15, -0.1) is 11.3 Å². The molecular weight excluding hydrogens is 294 g/mol. The first-order chi connectivity index (χ1) is 10.6. The highest BCUT2D eigenvalue weighted by Gasteiger charge is 2.07. The minimum atomic E-state index is -0.132. The topological polar surface area (TPSA) is 47.2 Å². The summed E-state index contributed by atoms with van der Waals surface area (Å²) in [6.07, 6.45) is 3.70. The van der Waals surface area contributed by atoms with Crippen molar-refractivity contribution in [3.05, 3.63) is 69.1 Å². The number of fused-ring (bicyclic) bond motifs is 1. The van der Waals surface area contributed by atoms with E-state index in [1.165, 1.54) is 16.0 Å². The molecule has 4 nitrogen and oxygen atoms in total. The third-order valence-electron chi connectivity index (χ3n) is 3.21. The van der Waals surface area contributed by atoms with Crippen molar-refractivity contribution < 1.29 is 0 Å². The number of rotatable bonds is 3. The fraction of sp³-hybridized carbons (Fsp3) is 0.118. The molecule has 0 aliphatic carbocycles. The summed E-state index contributed by atoms with van der Waals surface area (Å²) in [5, 5.41) is 6.76. The normalized spacial score (nSPS) is 12.4. The number of hydrogen-bond acceptors (Lipinski definition) is 4. The molecule has 3 rings (SSSR count). The molecule has 0 atom stereocenters. The van der Waals surface area contributed by atoms with Crippen LogP contribution in [0.15, 0.2) is 57.2 Å². The summed E-state index contributed by atoms with van der Waals surface area (Å²) in [4.78, 5) is 17.5. The first-order valence-corrected chi connectivity index (χ1v) is 7.77. The fourth-order valence-corrected chi connectivity index (χ4v) is 2.94. The number of benzene rings is 1. The van der Waals surface area contributed by atoms with Crippen LogP contribution in [0.4, 0.5) is 0 Å². The van der Waals surface area contributed by atoms with E-state index in [0.717, 1.165) is 16.0 Å². The molecule has 0 spiro atoms. The molecule has 3 aromatic rings. The average Bonchev–Trinajstić information content (AvgIpc) is 2.96. The van der Waals surface area contributed by atoms with E-state index in [9.17, 15) is 4.79 Å². The molecule has 0 aliphatic heterocycles. The zero-order valence-electron chi connectivity index (χ0n) is 12.4. The van der Waals surface area contributed by atoms with Crippen molar-refractivity contribution in [2.45, 2.75) is 13.8 Å². The lowest BCUT2D eigenvalue weighted by atomic mass is 10.1. The van der Waals surface area contributed by atoms with Crippen molar-refractivity contribution >= 4 is 33.8 Å². The summed E-state index contributed by atoms with van der Waals surface area (Å²) in [5.74, 6) is 0.587. The highest BCUT2D eigenvalue weighted by Crippen LogP contribution is 2.14. The molecule has 0 aliphatic rings.